The van der Waals surface area contributed by atoms with Crippen molar-refractivity contribution in [3.63, 3.8) is 0 Å². The Kier molecular flexibility index (Phi) is 3.38. The van der Waals surface area contributed by atoms with Crippen LogP contribution in [0.25, 0.3) is 10.8 Å². The third-order valence-corrected chi connectivity index (χ3v) is 4.16. The van der Waals surface area contributed by atoms with E-state index in [1.807, 2.05) is 13.0 Å². The summed E-state index contributed by atoms with van der Waals surface area (Å²) in [5, 5.41) is 12.6. The molecule has 0 aliphatic heterocycles. The van der Waals surface area contributed by atoms with E-state index in [4.69, 9.17) is 15.4 Å². The zero-order chi connectivity index (χ0) is 11.7. The number of rotatable bonds is 3. The molecule has 0 saturated carbocycles. The van der Waals surface area contributed by atoms with Gasteiger partial charge in [0.2, 0.25) is 0 Å². The number of hydrogen-bond acceptors (Lipinski definition) is 6. The van der Waals surface area contributed by atoms with Gasteiger partial charge >= 0.3 is 0 Å². The largest absolute Gasteiger partial charge is 0.394 e. The molecule has 2 aromatic rings. The highest BCUT2D eigenvalue weighted by atomic mass is 79.9. The summed E-state index contributed by atoms with van der Waals surface area (Å²) in [6.45, 7) is 1.78. The van der Waals surface area contributed by atoms with Gasteiger partial charge in [0.05, 0.1) is 21.3 Å². The molecule has 0 aliphatic rings. The summed E-state index contributed by atoms with van der Waals surface area (Å²) < 4.78 is 6.12. The second-order valence-electron chi connectivity index (χ2n) is 3.31. The first kappa shape index (κ1) is 11.7. The maximum atomic E-state index is 8.86. The van der Waals surface area contributed by atoms with E-state index in [9.17, 15) is 0 Å². The lowest BCUT2D eigenvalue weighted by atomic mass is 10.3. The second-order valence-corrected chi connectivity index (χ2v) is 5.68. The summed E-state index contributed by atoms with van der Waals surface area (Å²) in [7, 11) is 0. The number of aliphatic hydroxyl groups is 1. The third-order valence-electron chi connectivity index (χ3n) is 2.04. The van der Waals surface area contributed by atoms with Crippen LogP contribution in [0.2, 0.25) is 0 Å². The minimum absolute atomic E-state index is 0.202. The van der Waals surface area contributed by atoms with Crippen molar-refractivity contribution in [2.75, 3.05) is 6.61 Å². The average molecular weight is 304 g/mol. The lowest BCUT2D eigenvalue weighted by molar-refractivity contribution is 0.260. The number of aromatic nitrogens is 2. The zero-order valence-corrected chi connectivity index (χ0v) is 10.9. The van der Waals surface area contributed by atoms with E-state index in [1.165, 1.54) is 11.3 Å². The Hall–Kier alpha value is -0.760. The van der Waals surface area contributed by atoms with Gasteiger partial charge in [0.1, 0.15) is 0 Å². The predicted molar refractivity (Wildman–Crippen MR) is 64.1 cm³/mol. The van der Waals surface area contributed by atoms with Crippen LogP contribution >= 0.6 is 27.3 Å². The molecule has 0 aliphatic carbocycles. The number of aryl methyl sites for hydroxylation is 1. The van der Waals surface area contributed by atoms with Crippen LogP contribution in [0, 0.1) is 6.92 Å². The van der Waals surface area contributed by atoms with E-state index in [0.29, 0.717) is 11.7 Å². The van der Waals surface area contributed by atoms with E-state index >= 15 is 0 Å². The van der Waals surface area contributed by atoms with Crippen LogP contribution in [0.1, 0.15) is 17.4 Å². The molecule has 0 spiro atoms. The van der Waals surface area contributed by atoms with Crippen molar-refractivity contribution in [3.05, 3.63) is 21.2 Å². The molecule has 1 unspecified atom stereocenters. The molecule has 86 valence electrons. The molecular formula is C9H10BrN3O2S. The van der Waals surface area contributed by atoms with Crippen LogP contribution in [0.5, 0.6) is 0 Å². The molecule has 0 radical (unpaired) electrons. The van der Waals surface area contributed by atoms with Gasteiger partial charge in [-0.1, -0.05) is 5.16 Å². The lowest BCUT2D eigenvalue weighted by Gasteiger charge is -1.98. The molecule has 2 heterocycles. The molecule has 7 heteroatoms. The van der Waals surface area contributed by atoms with Crippen molar-refractivity contribution in [1.29, 1.82) is 0 Å². The lowest BCUT2D eigenvalue weighted by Crippen LogP contribution is -2.15. The van der Waals surface area contributed by atoms with Crippen molar-refractivity contribution in [3.8, 4) is 10.8 Å². The first-order valence-electron chi connectivity index (χ1n) is 4.58. The third kappa shape index (κ3) is 2.17. The molecule has 3 N–H and O–H groups in total. The Morgan fingerprint density at radius 1 is 1.69 bits per heavy atom. The van der Waals surface area contributed by atoms with Gasteiger partial charge in [-0.3, -0.25) is 0 Å². The fourth-order valence-electron chi connectivity index (χ4n) is 1.13. The molecule has 0 saturated heterocycles. The van der Waals surface area contributed by atoms with E-state index < -0.39 is 6.04 Å². The number of aliphatic hydroxyl groups excluding tert-OH is 1. The van der Waals surface area contributed by atoms with Gasteiger partial charge < -0.3 is 15.4 Å². The van der Waals surface area contributed by atoms with Crippen molar-refractivity contribution in [2.24, 2.45) is 5.73 Å². The highest BCUT2D eigenvalue weighted by Gasteiger charge is 2.16. The zero-order valence-electron chi connectivity index (χ0n) is 8.48. The number of halogens is 1. The topological polar surface area (TPSA) is 85.2 Å². The predicted octanol–water partition coefficient (Wildman–Crippen LogP) is 1.86. The van der Waals surface area contributed by atoms with Crippen LogP contribution in [0.15, 0.2) is 14.4 Å². The van der Waals surface area contributed by atoms with E-state index in [1.54, 1.807) is 0 Å². The Labute approximate surface area is 104 Å². The summed E-state index contributed by atoms with van der Waals surface area (Å²) in [5.41, 5.74) is 6.70. The maximum absolute atomic E-state index is 8.86. The molecular weight excluding hydrogens is 294 g/mol. The van der Waals surface area contributed by atoms with Gasteiger partial charge in [-0.15, -0.1) is 11.3 Å². The van der Waals surface area contributed by atoms with Crippen LogP contribution in [0.4, 0.5) is 0 Å². The first-order valence-corrected chi connectivity index (χ1v) is 6.19. The summed E-state index contributed by atoms with van der Waals surface area (Å²) in [6, 6.07) is 1.36. The van der Waals surface area contributed by atoms with Crippen molar-refractivity contribution in [1.82, 2.24) is 10.1 Å². The average Bonchev–Trinajstić information content (AvgIpc) is 2.86. The highest BCUT2D eigenvalue weighted by Crippen LogP contribution is 2.33. The SMILES string of the molecule is Cc1cc(-c2nc(C(N)CO)no2)sc1Br. The molecule has 5 nitrogen and oxygen atoms in total. The Balaban J connectivity index is 2.31. The van der Waals surface area contributed by atoms with Crippen LogP contribution in [-0.2, 0) is 0 Å². The molecule has 1 atom stereocenters. The van der Waals surface area contributed by atoms with Gasteiger partial charge in [-0.25, -0.2) is 0 Å². The molecule has 16 heavy (non-hydrogen) atoms. The van der Waals surface area contributed by atoms with Crippen LogP contribution in [-0.4, -0.2) is 21.9 Å². The van der Waals surface area contributed by atoms with Gasteiger partial charge in [0, 0.05) is 0 Å². The van der Waals surface area contributed by atoms with Gasteiger partial charge in [0.25, 0.3) is 5.89 Å². The number of nitrogens with two attached hydrogens (primary N) is 1. The van der Waals surface area contributed by atoms with E-state index in [-0.39, 0.29) is 6.61 Å². The Morgan fingerprint density at radius 2 is 2.44 bits per heavy atom. The van der Waals surface area contributed by atoms with Crippen molar-refractivity contribution >= 4 is 27.3 Å². The molecule has 0 bridgehead atoms. The maximum Gasteiger partial charge on any atom is 0.268 e. The van der Waals surface area contributed by atoms with Crippen LogP contribution in [0.3, 0.4) is 0 Å². The highest BCUT2D eigenvalue weighted by molar-refractivity contribution is 9.11. The fourth-order valence-corrected chi connectivity index (χ4v) is 2.59. The van der Waals surface area contributed by atoms with Crippen molar-refractivity contribution < 1.29 is 9.63 Å². The smallest absolute Gasteiger partial charge is 0.268 e. The van der Waals surface area contributed by atoms with Crippen LogP contribution < -0.4 is 5.73 Å². The number of hydrogen-bond donors (Lipinski definition) is 2. The quantitative estimate of drug-likeness (QED) is 0.904. The summed E-state index contributed by atoms with van der Waals surface area (Å²) in [6.07, 6.45) is 0. The normalized spacial score (nSPS) is 13.0. The summed E-state index contributed by atoms with van der Waals surface area (Å²) in [4.78, 5) is 5.02. The number of thiophene rings is 1. The van der Waals surface area contributed by atoms with Gasteiger partial charge in [0.15, 0.2) is 5.82 Å². The monoisotopic (exact) mass is 303 g/mol. The molecule has 2 rings (SSSR count). The molecule has 2 aromatic heterocycles. The number of nitrogens with zero attached hydrogens (tertiary/aromatic N) is 2. The molecule has 0 aromatic carbocycles. The minimum Gasteiger partial charge on any atom is -0.394 e. The molecule has 0 fully saturated rings. The van der Waals surface area contributed by atoms with Crippen molar-refractivity contribution in [2.45, 2.75) is 13.0 Å². The fraction of sp³-hybridized carbons (Fsp3) is 0.333. The Morgan fingerprint density at radius 3 is 3.00 bits per heavy atom. The van der Waals surface area contributed by atoms with E-state index in [0.717, 1.165) is 14.2 Å². The summed E-state index contributed by atoms with van der Waals surface area (Å²) >= 11 is 4.94. The van der Waals surface area contributed by atoms with E-state index in [2.05, 4.69) is 26.1 Å². The standard InChI is InChI=1S/C9H10BrN3O2S/c1-4-2-6(16-7(4)10)9-12-8(13-15-9)5(11)3-14/h2,5,14H,3,11H2,1H3. The minimum atomic E-state index is -0.595. The molecule has 0 amide bonds. The first-order chi connectivity index (χ1) is 7.61. The second kappa shape index (κ2) is 4.62. The Bertz CT molecular complexity index is 477. The summed E-state index contributed by atoms with van der Waals surface area (Å²) in [5.74, 6) is 0.748. The van der Waals surface area contributed by atoms with Gasteiger partial charge in [-0.2, -0.15) is 4.98 Å². The van der Waals surface area contributed by atoms with Gasteiger partial charge in [-0.05, 0) is 34.5 Å².